The highest BCUT2D eigenvalue weighted by Gasteiger charge is 2.08. The number of nitrogens with one attached hydrogen (secondary N) is 2. The van der Waals surface area contributed by atoms with Gasteiger partial charge in [-0.3, -0.25) is 4.79 Å². The molecule has 7 heteroatoms. The number of aromatic nitrogens is 2. The van der Waals surface area contributed by atoms with Crippen LogP contribution in [0.25, 0.3) is 10.9 Å². The maximum atomic E-state index is 12.1. The van der Waals surface area contributed by atoms with Crippen LogP contribution in [0.15, 0.2) is 54.9 Å². The van der Waals surface area contributed by atoms with Crippen molar-refractivity contribution in [1.82, 2.24) is 9.97 Å². The average molecular weight is 336 g/mol. The van der Waals surface area contributed by atoms with E-state index in [0.29, 0.717) is 17.1 Å². The molecule has 0 aliphatic carbocycles. The van der Waals surface area contributed by atoms with E-state index >= 15 is 0 Å². The summed E-state index contributed by atoms with van der Waals surface area (Å²) in [6, 6.07) is 14.0. The van der Waals surface area contributed by atoms with E-state index in [2.05, 4.69) is 25.3 Å². The molecule has 0 fully saturated rings. The summed E-state index contributed by atoms with van der Waals surface area (Å²) >= 11 is 0. The van der Waals surface area contributed by atoms with E-state index in [1.165, 1.54) is 13.4 Å². The van der Waals surface area contributed by atoms with Gasteiger partial charge in [0.25, 0.3) is 0 Å². The minimum atomic E-state index is -0.421. The van der Waals surface area contributed by atoms with E-state index in [0.717, 1.165) is 10.9 Å². The number of esters is 1. The van der Waals surface area contributed by atoms with Gasteiger partial charge in [0.05, 0.1) is 24.7 Å². The molecule has 7 nitrogen and oxygen atoms in total. The number of fused-ring (bicyclic) bond motifs is 1. The number of amides is 1. The standard InChI is InChI=1S/C18H16N4O3/c1-25-18(24)12-6-8-13(9-7-12)22-16(23)10-19-17-14-4-2-3-5-15(14)20-11-21-17/h2-9,11H,10H2,1H3,(H,22,23)(H,19,20,21). The van der Waals surface area contributed by atoms with Crippen molar-refractivity contribution in [3.8, 4) is 0 Å². The molecule has 0 radical (unpaired) electrons. The number of para-hydroxylation sites is 1. The number of carbonyl (C=O) groups is 2. The number of nitrogens with zero attached hydrogens (tertiary/aromatic N) is 2. The molecule has 0 bridgehead atoms. The topological polar surface area (TPSA) is 93.2 Å². The van der Waals surface area contributed by atoms with Crippen molar-refractivity contribution in [3.05, 3.63) is 60.4 Å². The van der Waals surface area contributed by atoms with Crippen LogP contribution >= 0.6 is 0 Å². The molecular weight excluding hydrogens is 320 g/mol. The number of rotatable bonds is 5. The van der Waals surface area contributed by atoms with E-state index in [1.807, 2.05) is 24.3 Å². The third kappa shape index (κ3) is 3.89. The monoisotopic (exact) mass is 336 g/mol. The zero-order chi connectivity index (χ0) is 17.6. The van der Waals surface area contributed by atoms with E-state index in [1.54, 1.807) is 24.3 Å². The van der Waals surface area contributed by atoms with Crippen molar-refractivity contribution >= 4 is 34.3 Å². The molecule has 2 N–H and O–H groups in total. The van der Waals surface area contributed by atoms with E-state index in [9.17, 15) is 9.59 Å². The Labute approximate surface area is 144 Å². The normalized spacial score (nSPS) is 10.3. The lowest BCUT2D eigenvalue weighted by Crippen LogP contribution is -2.22. The lowest BCUT2D eigenvalue weighted by Gasteiger charge is -2.09. The van der Waals surface area contributed by atoms with Crippen molar-refractivity contribution in [2.45, 2.75) is 0 Å². The van der Waals surface area contributed by atoms with Crippen LogP contribution in [0, 0.1) is 0 Å². The molecule has 3 aromatic rings. The second-order valence-electron chi connectivity index (χ2n) is 5.21. The van der Waals surface area contributed by atoms with Crippen LogP contribution in [0.4, 0.5) is 11.5 Å². The third-order valence-corrected chi connectivity index (χ3v) is 3.55. The van der Waals surface area contributed by atoms with Crippen LogP contribution < -0.4 is 10.6 Å². The van der Waals surface area contributed by atoms with Crippen LogP contribution in [-0.4, -0.2) is 35.5 Å². The van der Waals surface area contributed by atoms with Crippen LogP contribution in [0.3, 0.4) is 0 Å². The predicted octanol–water partition coefficient (Wildman–Crippen LogP) is 2.47. The molecule has 126 valence electrons. The molecule has 0 atom stereocenters. The molecule has 0 aliphatic rings. The summed E-state index contributed by atoms with van der Waals surface area (Å²) in [5.74, 6) is -0.0505. The molecular formula is C18H16N4O3. The van der Waals surface area contributed by atoms with Crippen LogP contribution in [0.2, 0.25) is 0 Å². The summed E-state index contributed by atoms with van der Waals surface area (Å²) in [7, 11) is 1.32. The number of hydrogen-bond acceptors (Lipinski definition) is 6. The minimum Gasteiger partial charge on any atom is -0.465 e. The van der Waals surface area contributed by atoms with Gasteiger partial charge < -0.3 is 15.4 Å². The van der Waals surface area contributed by atoms with Gasteiger partial charge in [-0.1, -0.05) is 12.1 Å². The van der Waals surface area contributed by atoms with Crippen molar-refractivity contribution in [3.63, 3.8) is 0 Å². The molecule has 0 saturated heterocycles. The first kappa shape index (κ1) is 16.4. The van der Waals surface area contributed by atoms with Crippen LogP contribution in [0.1, 0.15) is 10.4 Å². The Bertz CT molecular complexity index is 904. The second kappa shape index (κ2) is 7.39. The predicted molar refractivity (Wildman–Crippen MR) is 94.4 cm³/mol. The lowest BCUT2D eigenvalue weighted by atomic mass is 10.2. The summed E-state index contributed by atoms with van der Waals surface area (Å²) in [5.41, 5.74) is 1.82. The molecule has 2 aromatic carbocycles. The second-order valence-corrected chi connectivity index (χ2v) is 5.21. The van der Waals surface area contributed by atoms with Crippen molar-refractivity contribution in [1.29, 1.82) is 0 Å². The quantitative estimate of drug-likeness (QED) is 0.695. The number of ether oxygens (including phenoxy) is 1. The van der Waals surface area contributed by atoms with Crippen molar-refractivity contribution in [2.75, 3.05) is 24.3 Å². The fourth-order valence-corrected chi connectivity index (χ4v) is 2.32. The van der Waals surface area contributed by atoms with Crippen LogP contribution in [-0.2, 0) is 9.53 Å². The van der Waals surface area contributed by atoms with E-state index < -0.39 is 5.97 Å². The first-order valence-corrected chi connectivity index (χ1v) is 7.59. The van der Waals surface area contributed by atoms with Gasteiger partial charge in [0.2, 0.25) is 5.91 Å². The van der Waals surface area contributed by atoms with Gasteiger partial charge in [-0.25, -0.2) is 14.8 Å². The number of methoxy groups -OCH3 is 1. The van der Waals surface area contributed by atoms with Crippen molar-refractivity contribution < 1.29 is 14.3 Å². The fraction of sp³-hybridized carbons (Fsp3) is 0.111. The highest BCUT2D eigenvalue weighted by molar-refractivity contribution is 5.96. The Kier molecular flexibility index (Phi) is 4.84. The summed E-state index contributed by atoms with van der Waals surface area (Å²) in [4.78, 5) is 31.8. The van der Waals surface area contributed by atoms with E-state index in [4.69, 9.17) is 0 Å². The van der Waals surface area contributed by atoms with E-state index in [-0.39, 0.29) is 12.5 Å². The number of hydrogen-bond donors (Lipinski definition) is 2. The van der Waals surface area contributed by atoms with Gasteiger partial charge in [-0.2, -0.15) is 0 Å². The largest absolute Gasteiger partial charge is 0.465 e. The summed E-state index contributed by atoms with van der Waals surface area (Å²) in [6.45, 7) is 0.0553. The molecule has 1 heterocycles. The number of benzene rings is 2. The summed E-state index contributed by atoms with van der Waals surface area (Å²) in [6.07, 6.45) is 1.45. The third-order valence-electron chi connectivity index (χ3n) is 3.55. The Balaban J connectivity index is 1.62. The maximum absolute atomic E-state index is 12.1. The SMILES string of the molecule is COC(=O)c1ccc(NC(=O)CNc2ncnc3ccccc23)cc1. The molecule has 3 rings (SSSR count). The number of anilines is 2. The molecule has 0 aliphatic heterocycles. The Hall–Kier alpha value is -3.48. The molecule has 1 amide bonds. The molecule has 0 saturated carbocycles. The average Bonchev–Trinajstić information content (AvgIpc) is 2.66. The highest BCUT2D eigenvalue weighted by atomic mass is 16.5. The zero-order valence-electron chi connectivity index (χ0n) is 13.5. The first-order valence-electron chi connectivity index (χ1n) is 7.59. The van der Waals surface area contributed by atoms with Gasteiger partial charge in [-0.15, -0.1) is 0 Å². The van der Waals surface area contributed by atoms with Gasteiger partial charge in [-0.05, 0) is 36.4 Å². The minimum absolute atomic E-state index is 0.0553. The summed E-state index contributed by atoms with van der Waals surface area (Å²) in [5, 5.41) is 6.60. The van der Waals surface area contributed by atoms with Gasteiger partial charge in [0.1, 0.15) is 12.1 Å². The highest BCUT2D eigenvalue weighted by Crippen LogP contribution is 2.18. The summed E-state index contributed by atoms with van der Waals surface area (Å²) < 4.78 is 4.63. The lowest BCUT2D eigenvalue weighted by molar-refractivity contribution is -0.114. The van der Waals surface area contributed by atoms with Crippen LogP contribution in [0.5, 0.6) is 0 Å². The Morgan fingerprint density at radius 3 is 2.56 bits per heavy atom. The molecule has 0 unspecified atom stereocenters. The first-order chi connectivity index (χ1) is 12.2. The van der Waals surface area contributed by atoms with Crippen molar-refractivity contribution in [2.24, 2.45) is 0 Å². The fourth-order valence-electron chi connectivity index (χ4n) is 2.32. The van der Waals surface area contributed by atoms with Gasteiger partial charge in [0.15, 0.2) is 0 Å². The molecule has 1 aromatic heterocycles. The Morgan fingerprint density at radius 1 is 1.04 bits per heavy atom. The smallest absolute Gasteiger partial charge is 0.337 e. The van der Waals surface area contributed by atoms with Gasteiger partial charge >= 0.3 is 5.97 Å². The molecule has 25 heavy (non-hydrogen) atoms. The zero-order valence-corrected chi connectivity index (χ0v) is 13.5. The molecule has 0 spiro atoms. The van der Waals surface area contributed by atoms with Gasteiger partial charge in [0, 0.05) is 11.1 Å². The Morgan fingerprint density at radius 2 is 1.80 bits per heavy atom. The maximum Gasteiger partial charge on any atom is 0.337 e. The number of carbonyl (C=O) groups excluding carboxylic acids is 2.